The molecule has 2 aromatic rings. The van der Waals surface area contributed by atoms with E-state index >= 15 is 0 Å². The van der Waals surface area contributed by atoms with Crippen molar-refractivity contribution in [3.05, 3.63) is 63.6 Å². The minimum atomic E-state index is -0.198. The monoisotopic (exact) mass is 475 g/mol. The average Bonchev–Trinajstić information content (AvgIpc) is 2.70. The van der Waals surface area contributed by atoms with E-state index in [0.29, 0.717) is 15.6 Å². The fraction of sp³-hybridized carbons (Fsp3) is 0.440. The van der Waals surface area contributed by atoms with E-state index in [1.165, 1.54) is 0 Å². The predicted octanol–water partition coefficient (Wildman–Crippen LogP) is 5.30. The molecule has 0 unspecified atom stereocenters. The summed E-state index contributed by atoms with van der Waals surface area (Å²) in [6.07, 6.45) is 1.83. The number of rotatable bonds is 6. The molecule has 1 heterocycles. The van der Waals surface area contributed by atoms with Gasteiger partial charge in [0.2, 0.25) is 11.8 Å². The van der Waals surface area contributed by atoms with Gasteiger partial charge in [-0.15, -0.1) is 0 Å². The number of amides is 2. The van der Waals surface area contributed by atoms with E-state index in [-0.39, 0.29) is 29.7 Å². The molecule has 0 atom stereocenters. The second-order valence-corrected chi connectivity index (χ2v) is 10.2. The topological polar surface area (TPSA) is 61.4 Å². The van der Waals surface area contributed by atoms with Crippen molar-refractivity contribution in [1.82, 2.24) is 10.2 Å². The molecule has 3 rings (SSSR count). The standard InChI is InChI=1S/C25H31Cl2N3O2/c1-25(2,3)29-24(32)18-10-12-30(13-11-18)16-17-6-4-7-19(14-17)28-23(31)15-20-21(26)8-5-9-22(20)27/h4-9,14,18H,10-13,15-16H2,1-3H3,(H,28,31)(H,29,32). The molecule has 1 saturated heterocycles. The highest BCUT2D eigenvalue weighted by Crippen LogP contribution is 2.25. The molecule has 5 nitrogen and oxygen atoms in total. The maximum absolute atomic E-state index is 12.5. The number of nitrogens with one attached hydrogen (secondary N) is 2. The molecule has 1 fully saturated rings. The van der Waals surface area contributed by atoms with E-state index in [9.17, 15) is 9.59 Å². The van der Waals surface area contributed by atoms with Crippen LogP contribution in [-0.2, 0) is 22.6 Å². The Balaban J connectivity index is 1.52. The number of halogens is 2. The number of hydrogen-bond acceptors (Lipinski definition) is 3. The van der Waals surface area contributed by atoms with Gasteiger partial charge in [-0.1, -0.05) is 41.4 Å². The predicted molar refractivity (Wildman–Crippen MR) is 131 cm³/mol. The van der Waals surface area contributed by atoms with E-state index in [1.54, 1.807) is 18.2 Å². The van der Waals surface area contributed by atoms with Gasteiger partial charge < -0.3 is 10.6 Å². The Bertz CT molecular complexity index is 944. The summed E-state index contributed by atoms with van der Waals surface area (Å²) in [5.41, 5.74) is 2.30. The first-order valence-corrected chi connectivity index (χ1v) is 11.7. The third-order valence-electron chi connectivity index (χ3n) is 5.47. The van der Waals surface area contributed by atoms with E-state index in [2.05, 4.69) is 21.6 Å². The maximum Gasteiger partial charge on any atom is 0.228 e. The van der Waals surface area contributed by atoms with Crippen LogP contribution in [-0.4, -0.2) is 35.3 Å². The number of hydrogen-bond donors (Lipinski definition) is 2. The van der Waals surface area contributed by atoms with Gasteiger partial charge in [0.05, 0.1) is 6.42 Å². The SMILES string of the molecule is CC(C)(C)NC(=O)C1CCN(Cc2cccc(NC(=O)Cc3c(Cl)cccc3Cl)c2)CC1. The molecule has 0 bridgehead atoms. The molecule has 32 heavy (non-hydrogen) atoms. The van der Waals surface area contributed by atoms with Crippen molar-refractivity contribution in [3.63, 3.8) is 0 Å². The Morgan fingerprint density at radius 3 is 2.28 bits per heavy atom. The molecule has 0 aromatic heterocycles. The number of anilines is 1. The van der Waals surface area contributed by atoms with Crippen molar-refractivity contribution in [2.24, 2.45) is 5.92 Å². The van der Waals surface area contributed by atoms with Crippen molar-refractivity contribution in [3.8, 4) is 0 Å². The molecule has 2 aromatic carbocycles. The van der Waals surface area contributed by atoms with Crippen molar-refractivity contribution >= 4 is 40.7 Å². The summed E-state index contributed by atoms with van der Waals surface area (Å²) in [6.45, 7) is 8.57. The zero-order chi connectivity index (χ0) is 23.3. The molecule has 0 radical (unpaired) electrons. The van der Waals surface area contributed by atoms with Crippen molar-refractivity contribution in [2.75, 3.05) is 18.4 Å². The number of piperidine rings is 1. The summed E-state index contributed by atoms with van der Waals surface area (Å²) in [5, 5.41) is 7.00. The molecule has 0 spiro atoms. The van der Waals surface area contributed by atoms with Gasteiger partial charge in [-0.05, 0) is 82.1 Å². The number of benzene rings is 2. The highest BCUT2D eigenvalue weighted by molar-refractivity contribution is 6.36. The van der Waals surface area contributed by atoms with Crippen molar-refractivity contribution in [2.45, 2.75) is 52.1 Å². The van der Waals surface area contributed by atoms with Crippen LogP contribution in [0.4, 0.5) is 5.69 Å². The van der Waals surface area contributed by atoms with Crippen LogP contribution in [0.2, 0.25) is 10.0 Å². The van der Waals surface area contributed by atoms with Crippen molar-refractivity contribution in [1.29, 1.82) is 0 Å². The average molecular weight is 476 g/mol. The summed E-state index contributed by atoms with van der Waals surface area (Å²) in [4.78, 5) is 27.3. The Hall–Kier alpha value is -2.08. The molecule has 1 aliphatic rings. The molecule has 172 valence electrons. The lowest BCUT2D eigenvalue weighted by Crippen LogP contribution is -2.46. The van der Waals surface area contributed by atoms with Crippen LogP contribution in [0.3, 0.4) is 0 Å². The number of likely N-dealkylation sites (tertiary alicyclic amines) is 1. The largest absolute Gasteiger partial charge is 0.351 e. The summed E-state index contributed by atoms with van der Waals surface area (Å²) < 4.78 is 0. The lowest BCUT2D eigenvalue weighted by molar-refractivity contribution is -0.128. The minimum absolute atomic E-state index is 0.0766. The van der Waals surface area contributed by atoms with Gasteiger partial charge in [0.25, 0.3) is 0 Å². The van der Waals surface area contributed by atoms with Gasteiger partial charge in [-0.3, -0.25) is 14.5 Å². The highest BCUT2D eigenvalue weighted by atomic mass is 35.5. The van der Waals surface area contributed by atoms with Crippen LogP contribution >= 0.6 is 23.2 Å². The first-order valence-electron chi connectivity index (χ1n) is 11.0. The lowest BCUT2D eigenvalue weighted by Gasteiger charge is -2.33. The van der Waals surface area contributed by atoms with Crippen LogP contribution in [0.5, 0.6) is 0 Å². The summed E-state index contributed by atoms with van der Waals surface area (Å²) in [5.74, 6) is 0.0658. The Kier molecular flexibility index (Phi) is 8.21. The molecule has 0 saturated carbocycles. The highest BCUT2D eigenvalue weighted by Gasteiger charge is 2.27. The minimum Gasteiger partial charge on any atom is -0.351 e. The number of carbonyl (C=O) groups is 2. The number of carbonyl (C=O) groups excluding carboxylic acids is 2. The third kappa shape index (κ3) is 7.22. The third-order valence-corrected chi connectivity index (χ3v) is 6.18. The first-order chi connectivity index (χ1) is 15.1. The summed E-state index contributed by atoms with van der Waals surface area (Å²) in [7, 11) is 0. The van der Waals surface area contributed by atoms with E-state index in [1.807, 2.05) is 39.0 Å². The molecule has 0 aliphatic carbocycles. The van der Waals surface area contributed by atoms with Gasteiger partial charge in [-0.2, -0.15) is 0 Å². The van der Waals surface area contributed by atoms with Crippen LogP contribution in [0.1, 0.15) is 44.7 Å². The summed E-state index contributed by atoms with van der Waals surface area (Å²) in [6, 6.07) is 13.1. The zero-order valence-corrected chi connectivity index (χ0v) is 20.4. The zero-order valence-electron chi connectivity index (χ0n) is 18.9. The van der Waals surface area contributed by atoms with Gasteiger partial charge in [0.1, 0.15) is 0 Å². The van der Waals surface area contributed by atoms with Gasteiger partial charge in [0.15, 0.2) is 0 Å². The van der Waals surface area contributed by atoms with Gasteiger partial charge in [-0.25, -0.2) is 0 Å². The van der Waals surface area contributed by atoms with Gasteiger partial charge in [0, 0.05) is 33.7 Å². The van der Waals surface area contributed by atoms with Gasteiger partial charge >= 0.3 is 0 Å². The molecular formula is C25H31Cl2N3O2. The van der Waals surface area contributed by atoms with Crippen LogP contribution in [0.25, 0.3) is 0 Å². The lowest BCUT2D eigenvalue weighted by atomic mass is 9.94. The summed E-state index contributed by atoms with van der Waals surface area (Å²) >= 11 is 12.4. The quantitative estimate of drug-likeness (QED) is 0.595. The molecule has 7 heteroatoms. The Morgan fingerprint density at radius 2 is 1.66 bits per heavy atom. The fourth-order valence-corrected chi connectivity index (χ4v) is 4.43. The van der Waals surface area contributed by atoms with E-state index < -0.39 is 0 Å². The second-order valence-electron chi connectivity index (χ2n) is 9.42. The first kappa shape index (κ1) is 24.6. The molecule has 2 amide bonds. The van der Waals surface area contributed by atoms with Crippen molar-refractivity contribution < 1.29 is 9.59 Å². The Morgan fingerprint density at radius 1 is 1.03 bits per heavy atom. The molecule has 2 N–H and O–H groups in total. The fourth-order valence-electron chi connectivity index (χ4n) is 3.90. The second kappa shape index (κ2) is 10.7. The molecular weight excluding hydrogens is 445 g/mol. The smallest absolute Gasteiger partial charge is 0.228 e. The molecule has 1 aliphatic heterocycles. The van der Waals surface area contributed by atoms with Crippen LogP contribution < -0.4 is 10.6 Å². The number of nitrogens with zero attached hydrogens (tertiary/aromatic N) is 1. The maximum atomic E-state index is 12.5. The van der Waals surface area contributed by atoms with E-state index in [0.717, 1.165) is 43.7 Å². The Labute approximate surface area is 200 Å². The van der Waals surface area contributed by atoms with Crippen LogP contribution in [0, 0.1) is 5.92 Å². The van der Waals surface area contributed by atoms with Crippen LogP contribution in [0.15, 0.2) is 42.5 Å². The normalized spacial score (nSPS) is 15.4. The van der Waals surface area contributed by atoms with E-state index in [4.69, 9.17) is 23.2 Å².